The predicted molar refractivity (Wildman–Crippen MR) is 115 cm³/mol. The van der Waals surface area contributed by atoms with Crippen molar-refractivity contribution in [3.63, 3.8) is 0 Å². The second-order valence-corrected chi connectivity index (χ2v) is 7.60. The lowest BCUT2D eigenvalue weighted by Crippen LogP contribution is -2.43. The second kappa shape index (κ2) is 8.27. The van der Waals surface area contributed by atoms with Crippen LogP contribution in [0.25, 0.3) is 10.9 Å². The third-order valence-electron chi connectivity index (χ3n) is 5.62. The molecule has 1 saturated carbocycles. The Balaban J connectivity index is 1.71. The molecule has 30 heavy (non-hydrogen) atoms. The first-order chi connectivity index (χ1) is 14.5. The molecule has 2 atom stereocenters. The average Bonchev–Trinajstić information content (AvgIpc) is 3.16. The molecule has 2 aromatic heterocycles. The molecule has 1 aromatic carbocycles. The Morgan fingerprint density at radius 3 is 2.83 bits per heavy atom. The topological polar surface area (TPSA) is 124 Å². The number of aromatic nitrogens is 3. The Hall–Kier alpha value is -3.20. The van der Waals surface area contributed by atoms with Gasteiger partial charge in [-0.25, -0.2) is 9.37 Å². The first-order valence-electron chi connectivity index (χ1n) is 10.2. The fourth-order valence-electron chi connectivity index (χ4n) is 3.98. The van der Waals surface area contributed by atoms with Crippen LogP contribution in [-0.4, -0.2) is 32.8 Å². The van der Waals surface area contributed by atoms with Crippen LogP contribution in [-0.2, 0) is 6.54 Å². The molecule has 1 aliphatic carbocycles. The number of pyridine rings is 1. The number of anilines is 3. The molecule has 0 radical (unpaired) electrons. The highest BCUT2D eigenvalue weighted by atomic mass is 19.1. The minimum Gasteiger partial charge on any atom is -0.365 e. The number of nitrogens with two attached hydrogens (primary N) is 2. The van der Waals surface area contributed by atoms with E-state index in [-0.39, 0.29) is 29.3 Å². The number of amides is 1. The van der Waals surface area contributed by atoms with Gasteiger partial charge in [0.25, 0.3) is 5.91 Å². The van der Waals surface area contributed by atoms with Crippen LogP contribution in [0.5, 0.6) is 0 Å². The molecule has 6 N–H and O–H groups in total. The zero-order chi connectivity index (χ0) is 21.3. The van der Waals surface area contributed by atoms with Crippen molar-refractivity contribution in [2.45, 2.75) is 51.2 Å². The zero-order valence-corrected chi connectivity index (χ0v) is 16.9. The van der Waals surface area contributed by atoms with Crippen molar-refractivity contribution in [1.29, 1.82) is 0 Å². The Bertz CT molecular complexity index is 1080. The Morgan fingerprint density at radius 2 is 2.10 bits per heavy atom. The van der Waals surface area contributed by atoms with Gasteiger partial charge in [0, 0.05) is 24.0 Å². The molecule has 9 heteroatoms. The first kappa shape index (κ1) is 20.1. The monoisotopic (exact) mass is 411 g/mol. The predicted octanol–water partition coefficient (Wildman–Crippen LogP) is 3.11. The van der Waals surface area contributed by atoms with E-state index in [0.29, 0.717) is 5.69 Å². The molecule has 8 nitrogen and oxygen atoms in total. The number of fused-ring (bicyclic) bond motifs is 1. The molecule has 0 unspecified atom stereocenters. The van der Waals surface area contributed by atoms with Gasteiger partial charge in [-0.2, -0.15) is 5.10 Å². The summed E-state index contributed by atoms with van der Waals surface area (Å²) in [6.07, 6.45) is 5.57. The van der Waals surface area contributed by atoms with Gasteiger partial charge in [0.1, 0.15) is 5.82 Å². The summed E-state index contributed by atoms with van der Waals surface area (Å²) in [6.45, 7) is 2.73. The highest BCUT2D eigenvalue weighted by Gasteiger charge is 2.24. The molecule has 1 fully saturated rings. The van der Waals surface area contributed by atoms with E-state index in [9.17, 15) is 9.18 Å². The quantitative estimate of drug-likeness (QED) is 0.494. The lowest BCUT2D eigenvalue weighted by atomic mass is 9.91. The minimum atomic E-state index is -0.763. The summed E-state index contributed by atoms with van der Waals surface area (Å²) in [5, 5.41) is 11.5. The summed E-state index contributed by atoms with van der Waals surface area (Å²) in [4.78, 5) is 16.3. The van der Waals surface area contributed by atoms with E-state index in [0.717, 1.165) is 49.2 Å². The van der Waals surface area contributed by atoms with E-state index in [2.05, 4.69) is 20.7 Å². The number of carbonyl (C=O) groups is 1. The number of benzene rings is 1. The third-order valence-corrected chi connectivity index (χ3v) is 5.62. The smallest absolute Gasteiger partial charge is 0.252 e. The Kier molecular flexibility index (Phi) is 5.54. The highest BCUT2D eigenvalue weighted by Crippen LogP contribution is 2.30. The van der Waals surface area contributed by atoms with Crippen molar-refractivity contribution in [2.24, 2.45) is 11.5 Å². The van der Waals surface area contributed by atoms with Crippen LogP contribution >= 0.6 is 0 Å². The Labute approximate surface area is 173 Å². The summed E-state index contributed by atoms with van der Waals surface area (Å²) in [5.41, 5.74) is 13.3. The van der Waals surface area contributed by atoms with Gasteiger partial charge in [0.2, 0.25) is 0 Å². The first-order valence-corrected chi connectivity index (χ1v) is 10.2. The third kappa shape index (κ3) is 3.80. The lowest BCUT2D eigenvalue weighted by molar-refractivity contribution is 0.100. The van der Waals surface area contributed by atoms with Gasteiger partial charge < -0.3 is 22.1 Å². The molecule has 0 aliphatic heterocycles. The van der Waals surface area contributed by atoms with E-state index in [4.69, 9.17) is 11.5 Å². The van der Waals surface area contributed by atoms with Crippen LogP contribution in [0.3, 0.4) is 0 Å². The van der Waals surface area contributed by atoms with E-state index < -0.39 is 11.7 Å². The zero-order valence-electron chi connectivity index (χ0n) is 16.9. The molecule has 4 rings (SSSR count). The van der Waals surface area contributed by atoms with Gasteiger partial charge in [-0.3, -0.25) is 9.48 Å². The fraction of sp³-hybridized carbons (Fsp3) is 0.381. The number of rotatable bonds is 6. The van der Waals surface area contributed by atoms with Gasteiger partial charge in [0.05, 0.1) is 23.0 Å². The van der Waals surface area contributed by atoms with E-state index in [1.54, 1.807) is 6.20 Å². The molecule has 1 amide bonds. The van der Waals surface area contributed by atoms with Gasteiger partial charge >= 0.3 is 0 Å². The second-order valence-electron chi connectivity index (χ2n) is 7.60. The van der Waals surface area contributed by atoms with Crippen LogP contribution < -0.4 is 22.1 Å². The normalized spacial score (nSPS) is 19.0. The Morgan fingerprint density at radius 1 is 1.30 bits per heavy atom. The van der Waals surface area contributed by atoms with Crippen LogP contribution in [0.1, 0.15) is 43.0 Å². The summed E-state index contributed by atoms with van der Waals surface area (Å²) in [7, 11) is 0. The molecule has 0 saturated heterocycles. The number of hydrogen-bond acceptors (Lipinski definition) is 6. The van der Waals surface area contributed by atoms with Gasteiger partial charge in [-0.1, -0.05) is 18.9 Å². The van der Waals surface area contributed by atoms with Crippen molar-refractivity contribution < 1.29 is 9.18 Å². The fourth-order valence-corrected chi connectivity index (χ4v) is 3.98. The summed E-state index contributed by atoms with van der Waals surface area (Å²) in [5.74, 6) is -1.15. The summed E-state index contributed by atoms with van der Waals surface area (Å²) >= 11 is 0. The van der Waals surface area contributed by atoms with Gasteiger partial charge in [-0.15, -0.1) is 0 Å². The molecule has 2 heterocycles. The van der Waals surface area contributed by atoms with E-state index in [1.807, 2.05) is 29.8 Å². The molecule has 0 spiro atoms. The van der Waals surface area contributed by atoms with Gasteiger partial charge in [0.15, 0.2) is 11.6 Å². The minimum absolute atomic E-state index is 0.0223. The number of nitrogens with one attached hydrogen (secondary N) is 2. The SMILES string of the molecule is CCn1ncc2c(Nc3nc(N[C@@H]4CCCC[C@@H]4N)c(F)cc3C(N)=O)cccc21. The number of halogens is 1. The lowest BCUT2D eigenvalue weighted by Gasteiger charge is -2.30. The summed E-state index contributed by atoms with van der Waals surface area (Å²) in [6, 6.07) is 6.67. The molecular weight excluding hydrogens is 385 g/mol. The molecule has 158 valence electrons. The number of hydrogen-bond donors (Lipinski definition) is 4. The largest absolute Gasteiger partial charge is 0.365 e. The van der Waals surface area contributed by atoms with E-state index >= 15 is 0 Å². The van der Waals surface area contributed by atoms with Crippen LogP contribution in [0, 0.1) is 5.82 Å². The average molecular weight is 411 g/mol. The summed E-state index contributed by atoms with van der Waals surface area (Å²) < 4.78 is 16.6. The van der Waals surface area contributed by atoms with Crippen LogP contribution in [0.15, 0.2) is 30.5 Å². The van der Waals surface area contributed by atoms with Crippen molar-refractivity contribution in [2.75, 3.05) is 10.6 Å². The standard InChI is InChI=1S/C21H26FN7O/c1-2-29-18-9-5-8-16(13(18)11-25-29)26-20-12(19(24)30)10-14(22)21(28-20)27-17-7-4-3-6-15(17)23/h5,8-11,15,17H,2-4,6-7,23H2,1H3,(H2,24,30)(H2,26,27,28)/t15-,17+/m0/s1. The van der Waals surface area contributed by atoms with Gasteiger partial charge in [-0.05, 0) is 38.0 Å². The van der Waals surface area contributed by atoms with Crippen LogP contribution in [0.4, 0.5) is 21.7 Å². The maximum absolute atomic E-state index is 14.7. The molecule has 0 bridgehead atoms. The molecule has 3 aromatic rings. The maximum Gasteiger partial charge on any atom is 0.252 e. The van der Waals surface area contributed by atoms with Crippen molar-refractivity contribution in [3.05, 3.63) is 41.8 Å². The van der Waals surface area contributed by atoms with Crippen molar-refractivity contribution >= 4 is 34.1 Å². The van der Waals surface area contributed by atoms with E-state index in [1.165, 1.54) is 0 Å². The maximum atomic E-state index is 14.7. The number of primary amides is 1. The van der Waals surface area contributed by atoms with Crippen molar-refractivity contribution in [3.8, 4) is 0 Å². The number of nitrogens with zero attached hydrogens (tertiary/aromatic N) is 3. The number of carbonyl (C=O) groups excluding carboxylic acids is 1. The molecular formula is C21H26FN7O. The van der Waals surface area contributed by atoms with Crippen molar-refractivity contribution in [1.82, 2.24) is 14.8 Å². The highest BCUT2D eigenvalue weighted by molar-refractivity contribution is 6.00. The number of aryl methyl sites for hydroxylation is 1. The van der Waals surface area contributed by atoms with Crippen LogP contribution in [0.2, 0.25) is 0 Å². The molecule has 1 aliphatic rings.